The highest BCUT2D eigenvalue weighted by molar-refractivity contribution is 7.86. The van der Waals surface area contributed by atoms with E-state index in [1.165, 1.54) is 0 Å². The van der Waals surface area contributed by atoms with E-state index in [2.05, 4.69) is 4.18 Å². The fourth-order valence-corrected chi connectivity index (χ4v) is 1.17. The smallest absolute Gasteiger partial charge is 0.287 e. The lowest BCUT2D eigenvalue weighted by molar-refractivity contribution is -0.193. The number of rotatable bonds is 2. The molecular formula is C6H12O5S. The Labute approximate surface area is 71.7 Å². The van der Waals surface area contributed by atoms with Gasteiger partial charge in [-0.15, -0.1) is 0 Å². The quantitative estimate of drug-likeness (QED) is 0.585. The Hall–Kier alpha value is -0.170. The Balaban J connectivity index is 2.49. The van der Waals surface area contributed by atoms with E-state index in [0.717, 1.165) is 6.26 Å². The molecule has 5 nitrogen and oxygen atoms in total. The molecule has 1 aliphatic rings. The van der Waals surface area contributed by atoms with Crippen LogP contribution in [0, 0.1) is 0 Å². The topological polar surface area (TPSA) is 61.8 Å². The van der Waals surface area contributed by atoms with E-state index in [4.69, 9.17) is 9.47 Å². The summed E-state index contributed by atoms with van der Waals surface area (Å²) in [6.07, 6.45) is 0.949. The van der Waals surface area contributed by atoms with Gasteiger partial charge in [0.05, 0.1) is 18.5 Å². The molecule has 0 saturated carbocycles. The summed E-state index contributed by atoms with van der Waals surface area (Å²) in [5, 5.41) is 0. The van der Waals surface area contributed by atoms with Crippen LogP contribution in [0.15, 0.2) is 0 Å². The Morgan fingerprint density at radius 1 is 1.50 bits per heavy atom. The monoisotopic (exact) mass is 196 g/mol. The second kappa shape index (κ2) is 2.95. The third-order valence-electron chi connectivity index (χ3n) is 1.24. The lowest BCUT2D eigenvalue weighted by atomic mass is 10.2. The predicted molar refractivity (Wildman–Crippen MR) is 40.8 cm³/mol. The maximum atomic E-state index is 10.6. The van der Waals surface area contributed by atoms with E-state index in [1.807, 2.05) is 0 Å². The second-order valence-corrected chi connectivity index (χ2v) is 4.88. The van der Waals surface area contributed by atoms with Crippen LogP contribution in [0.25, 0.3) is 0 Å². The molecule has 0 aliphatic carbocycles. The average Bonchev–Trinajstić information content (AvgIpc) is 2.05. The molecule has 72 valence electrons. The van der Waals surface area contributed by atoms with Crippen molar-refractivity contribution in [3.05, 3.63) is 0 Å². The van der Waals surface area contributed by atoms with Gasteiger partial charge in [-0.25, -0.2) is 4.18 Å². The molecule has 1 fully saturated rings. The molecule has 0 spiro atoms. The van der Waals surface area contributed by atoms with E-state index in [9.17, 15) is 8.42 Å². The second-order valence-electron chi connectivity index (χ2n) is 3.28. The van der Waals surface area contributed by atoms with Gasteiger partial charge in [-0.05, 0) is 13.8 Å². The molecule has 12 heavy (non-hydrogen) atoms. The lowest BCUT2D eigenvalue weighted by Crippen LogP contribution is -2.24. The van der Waals surface area contributed by atoms with Gasteiger partial charge in [0.2, 0.25) is 0 Å². The van der Waals surface area contributed by atoms with Gasteiger partial charge in [0, 0.05) is 0 Å². The van der Waals surface area contributed by atoms with Gasteiger partial charge in [0.25, 0.3) is 16.6 Å². The minimum Gasteiger partial charge on any atom is -0.326 e. The highest BCUT2D eigenvalue weighted by atomic mass is 32.2. The Morgan fingerprint density at radius 3 is 2.42 bits per heavy atom. The van der Waals surface area contributed by atoms with E-state index in [1.54, 1.807) is 13.8 Å². The number of hydrogen-bond acceptors (Lipinski definition) is 5. The van der Waals surface area contributed by atoms with E-state index in [0.29, 0.717) is 6.61 Å². The van der Waals surface area contributed by atoms with Gasteiger partial charge in [0.15, 0.2) is 0 Å². The van der Waals surface area contributed by atoms with Crippen LogP contribution >= 0.6 is 0 Å². The van der Waals surface area contributed by atoms with Crippen LogP contribution in [0.4, 0.5) is 0 Å². The van der Waals surface area contributed by atoms with Gasteiger partial charge >= 0.3 is 0 Å². The molecule has 1 saturated heterocycles. The summed E-state index contributed by atoms with van der Waals surface area (Å²) in [7, 11) is -3.51. The van der Waals surface area contributed by atoms with Crippen LogP contribution in [0.5, 0.6) is 0 Å². The highest BCUT2D eigenvalue weighted by Crippen LogP contribution is 2.23. The van der Waals surface area contributed by atoms with Gasteiger partial charge in [0.1, 0.15) is 0 Å². The summed E-state index contributed by atoms with van der Waals surface area (Å²) in [6.45, 7) is 2.82. The fraction of sp³-hybridized carbons (Fsp3) is 1.00. The molecule has 0 aromatic heterocycles. The summed E-state index contributed by atoms with van der Waals surface area (Å²) in [5.41, 5.74) is -0.477. The van der Waals surface area contributed by atoms with E-state index in [-0.39, 0.29) is 0 Å². The molecule has 0 bridgehead atoms. The summed E-state index contributed by atoms with van der Waals surface area (Å²) in [5.74, 6) is 0. The zero-order valence-electron chi connectivity index (χ0n) is 7.23. The minimum atomic E-state index is -3.51. The summed E-state index contributed by atoms with van der Waals surface area (Å²) in [6, 6.07) is 0. The van der Waals surface area contributed by atoms with Crippen molar-refractivity contribution in [1.29, 1.82) is 0 Å². The molecule has 0 aromatic carbocycles. The van der Waals surface area contributed by atoms with Crippen molar-refractivity contribution in [2.45, 2.75) is 25.9 Å². The van der Waals surface area contributed by atoms with Crippen molar-refractivity contribution in [1.82, 2.24) is 0 Å². The third kappa shape index (κ3) is 3.06. The van der Waals surface area contributed by atoms with Crippen molar-refractivity contribution >= 4 is 10.1 Å². The first-order valence-electron chi connectivity index (χ1n) is 3.46. The Kier molecular flexibility index (Phi) is 2.44. The number of ether oxygens (including phenoxy) is 2. The molecular weight excluding hydrogens is 184 g/mol. The standard InChI is InChI=1S/C6H12O5S/c1-6(2)4-9-5(10-6)11-12(3,7)8/h5H,4H2,1-3H3. The van der Waals surface area contributed by atoms with E-state index >= 15 is 0 Å². The number of hydrogen-bond donors (Lipinski definition) is 0. The molecule has 1 atom stereocenters. The van der Waals surface area contributed by atoms with Crippen LogP contribution in [-0.2, 0) is 23.8 Å². The minimum absolute atomic E-state index is 0.327. The maximum Gasteiger partial charge on any atom is 0.287 e. The summed E-state index contributed by atoms with van der Waals surface area (Å²) in [4.78, 5) is 0. The third-order valence-corrected chi connectivity index (χ3v) is 1.74. The van der Waals surface area contributed by atoms with Crippen molar-refractivity contribution in [3.63, 3.8) is 0 Å². The van der Waals surface area contributed by atoms with Crippen LogP contribution < -0.4 is 0 Å². The molecule has 1 aliphatic heterocycles. The van der Waals surface area contributed by atoms with Crippen LogP contribution in [0.2, 0.25) is 0 Å². The Bertz CT molecular complexity index is 255. The molecule has 1 unspecified atom stereocenters. The zero-order valence-corrected chi connectivity index (χ0v) is 8.05. The Morgan fingerprint density at radius 2 is 2.08 bits per heavy atom. The molecule has 0 N–H and O–H groups in total. The maximum absolute atomic E-state index is 10.6. The fourth-order valence-electron chi connectivity index (χ4n) is 0.787. The van der Waals surface area contributed by atoms with Gasteiger partial charge in [-0.1, -0.05) is 0 Å². The zero-order chi connectivity index (χ0) is 9.41. The SMILES string of the molecule is CC1(C)COC(OS(C)(=O)=O)O1. The summed E-state index contributed by atoms with van der Waals surface area (Å²) >= 11 is 0. The van der Waals surface area contributed by atoms with Crippen LogP contribution in [0.3, 0.4) is 0 Å². The van der Waals surface area contributed by atoms with Crippen LogP contribution in [0.1, 0.15) is 13.8 Å². The first-order valence-corrected chi connectivity index (χ1v) is 5.28. The molecule has 1 heterocycles. The van der Waals surface area contributed by atoms with Gasteiger partial charge < -0.3 is 9.47 Å². The normalized spacial score (nSPS) is 29.1. The first kappa shape index (κ1) is 9.91. The predicted octanol–water partition coefficient (Wildman–Crippen LogP) is 0.0716. The van der Waals surface area contributed by atoms with Crippen molar-refractivity contribution in [3.8, 4) is 0 Å². The van der Waals surface area contributed by atoms with Crippen molar-refractivity contribution in [2.24, 2.45) is 0 Å². The highest BCUT2D eigenvalue weighted by Gasteiger charge is 2.35. The molecule has 6 heteroatoms. The van der Waals surface area contributed by atoms with Gasteiger partial charge in [-0.2, -0.15) is 8.42 Å². The first-order chi connectivity index (χ1) is 5.29. The largest absolute Gasteiger partial charge is 0.326 e. The van der Waals surface area contributed by atoms with Gasteiger partial charge in [-0.3, -0.25) is 0 Å². The molecule has 0 amide bonds. The average molecular weight is 196 g/mol. The molecule has 1 rings (SSSR count). The molecule has 0 aromatic rings. The summed E-state index contributed by atoms with van der Waals surface area (Å²) < 4.78 is 35.7. The van der Waals surface area contributed by atoms with Crippen LogP contribution in [-0.4, -0.2) is 33.4 Å². The van der Waals surface area contributed by atoms with Crippen molar-refractivity contribution in [2.75, 3.05) is 12.9 Å². The lowest BCUT2D eigenvalue weighted by Gasteiger charge is -2.14. The molecule has 0 radical (unpaired) electrons. The van der Waals surface area contributed by atoms with E-state index < -0.39 is 22.2 Å². The van der Waals surface area contributed by atoms with Crippen molar-refractivity contribution < 1.29 is 22.1 Å².